The highest BCUT2D eigenvalue weighted by molar-refractivity contribution is 4.98. The van der Waals surface area contributed by atoms with Crippen molar-refractivity contribution in [3.63, 3.8) is 0 Å². The monoisotopic (exact) mass is 265 g/mol. The molecule has 106 valence electrons. The van der Waals surface area contributed by atoms with Gasteiger partial charge in [0.2, 0.25) is 5.89 Å². The maximum absolute atomic E-state index is 5.40. The van der Waals surface area contributed by atoms with Crippen molar-refractivity contribution in [3.05, 3.63) is 11.7 Å². The van der Waals surface area contributed by atoms with Crippen molar-refractivity contribution >= 4 is 0 Å². The molecular weight excluding hydrogens is 242 g/mol. The summed E-state index contributed by atoms with van der Waals surface area (Å²) in [5.41, 5.74) is 0. The SMILES string of the molecule is CN1CCN(C)C(Cc2noc(C3CCCN3)n2)C1. The fourth-order valence-corrected chi connectivity index (χ4v) is 2.92. The molecular formula is C13H23N5O. The van der Waals surface area contributed by atoms with E-state index in [2.05, 4.69) is 39.4 Å². The highest BCUT2D eigenvalue weighted by atomic mass is 16.5. The Kier molecular flexibility index (Phi) is 3.81. The van der Waals surface area contributed by atoms with E-state index in [-0.39, 0.29) is 6.04 Å². The number of likely N-dealkylation sites (N-methyl/N-ethyl adjacent to an activating group) is 2. The summed E-state index contributed by atoms with van der Waals surface area (Å²) in [4.78, 5) is 9.32. The third-order valence-electron chi connectivity index (χ3n) is 4.24. The van der Waals surface area contributed by atoms with Crippen molar-refractivity contribution in [3.8, 4) is 0 Å². The molecule has 6 nitrogen and oxygen atoms in total. The summed E-state index contributed by atoms with van der Waals surface area (Å²) in [7, 11) is 4.35. The zero-order valence-electron chi connectivity index (χ0n) is 11.8. The fraction of sp³-hybridized carbons (Fsp3) is 0.846. The number of piperazine rings is 1. The molecule has 0 spiro atoms. The molecule has 2 fully saturated rings. The Labute approximate surface area is 114 Å². The van der Waals surface area contributed by atoms with E-state index in [1.807, 2.05) is 0 Å². The van der Waals surface area contributed by atoms with Crippen molar-refractivity contribution in [2.24, 2.45) is 0 Å². The first kappa shape index (κ1) is 13.0. The van der Waals surface area contributed by atoms with Crippen LogP contribution in [0.2, 0.25) is 0 Å². The Morgan fingerprint density at radius 1 is 1.37 bits per heavy atom. The molecule has 1 N–H and O–H groups in total. The maximum Gasteiger partial charge on any atom is 0.243 e. The van der Waals surface area contributed by atoms with Crippen LogP contribution in [-0.2, 0) is 6.42 Å². The van der Waals surface area contributed by atoms with Crippen LogP contribution < -0.4 is 5.32 Å². The van der Waals surface area contributed by atoms with Crippen molar-refractivity contribution in [2.45, 2.75) is 31.3 Å². The highest BCUT2D eigenvalue weighted by Gasteiger charge is 2.26. The van der Waals surface area contributed by atoms with Crippen molar-refractivity contribution in [2.75, 3.05) is 40.3 Å². The van der Waals surface area contributed by atoms with Gasteiger partial charge in [-0.15, -0.1) is 0 Å². The van der Waals surface area contributed by atoms with Crippen LogP contribution in [-0.4, -0.2) is 66.3 Å². The van der Waals surface area contributed by atoms with Crippen LogP contribution in [0.1, 0.15) is 30.6 Å². The Morgan fingerprint density at radius 3 is 3.05 bits per heavy atom. The Bertz CT molecular complexity index is 415. The van der Waals surface area contributed by atoms with Gasteiger partial charge in [0.05, 0.1) is 6.04 Å². The number of aromatic nitrogens is 2. The minimum absolute atomic E-state index is 0.271. The molecule has 1 aromatic heterocycles. The molecule has 2 aliphatic rings. The molecule has 0 aliphatic carbocycles. The standard InChI is InChI=1S/C13H23N5O/c1-17-6-7-18(2)10(9-17)8-12-15-13(19-16-12)11-4-3-5-14-11/h10-11,14H,3-9H2,1-2H3. The van der Waals surface area contributed by atoms with E-state index < -0.39 is 0 Å². The van der Waals surface area contributed by atoms with E-state index >= 15 is 0 Å². The Hall–Kier alpha value is -0.980. The number of nitrogens with zero attached hydrogens (tertiary/aromatic N) is 4. The minimum atomic E-state index is 0.271. The van der Waals surface area contributed by atoms with Gasteiger partial charge in [0.15, 0.2) is 5.82 Å². The molecule has 3 rings (SSSR count). The lowest BCUT2D eigenvalue weighted by Gasteiger charge is -2.37. The number of hydrogen-bond donors (Lipinski definition) is 1. The summed E-state index contributed by atoms with van der Waals surface area (Å²) in [6.07, 6.45) is 3.17. The lowest BCUT2D eigenvalue weighted by Crippen LogP contribution is -2.50. The van der Waals surface area contributed by atoms with Crippen LogP contribution in [0.3, 0.4) is 0 Å². The summed E-state index contributed by atoms with van der Waals surface area (Å²) < 4.78 is 5.40. The molecule has 0 saturated carbocycles. The molecule has 3 heterocycles. The van der Waals surface area contributed by atoms with Crippen molar-refractivity contribution in [1.82, 2.24) is 25.3 Å². The van der Waals surface area contributed by atoms with E-state index in [1.54, 1.807) is 0 Å². The van der Waals surface area contributed by atoms with Crippen molar-refractivity contribution in [1.29, 1.82) is 0 Å². The van der Waals surface area contributed by atoms with Gasteiger partial charge in [-0.3, -0.25) is 0 Å². The maximum atomic E-state index is 5.40. The van der Waals surface area contributed by atoms with Crippen LogP contribution in [0, 0.1) is 0 Å². The highest BCUT2D eigenvalue weighted by Crippen LogP contribution is 2.21. The normalized spacial score (nSPS) is 30.0. The van der Waals surface area contributed by atoms with Crippen LogP contribution in [0.15, 0.2) is 4.52 Å². The van der Waals surface area contributed by atoms with Gasteiger partial charge in [0, 0.05) is 32.1 Å². The average molecular weight is 265 g/mol. The predicted octanol–water partition coefficient (Wildman–Crippen LogP) is 0.282. The lowest BCUT2D eigenvalue weighted by molar-refractivity contribution is 0.113. The predicted molar refractivity (Wildman–Crippen MR) is 71.9 cm³/mol. The number of hydrogen-bond acceptors (Lipinski definition) is 6. The summed E-state index contributed by atoms with van der Waals surface area (Å²) in [5.74, 6) is 1.61. The fourth-order valence-electron chi connectivity index (χ4n) is 2.92. The molecule has 0 amide bonds. The first-order valence-electron chi connectivity index (χ1n) is 7.17. The van der Waals surface area contributed by atoms with E-state index in [0.717, 1.165) is 50.7 Å². The molecule has 0 bridgehead atoms. The third-order valence-corrected chi connectivity index (χ3v) is 4.24. The van der Waals surface area contributed by atoms with Crippen LogP contribution in [0.25, 0.3) is 0 Å². The Morgan fingerprint density at radius 2 is 2.26 bits per heavy atom. The van der Waals surface area contributed by atoms with Crippen LogP contribution in [0.5, 0.6) is 0 Å². The molecule has 19 heavy (non-hydrogen) atoms. The topological polar surface area (TPSA) is 57.4 Å². The molecule has 0 aromatic carbocycles. The molecule has 1 aromatic rings. The van der Waals surface area contributed by atoms with Gasteiger partial charge < -0.3 is 19.6 Å². The molecule has 0 radical (unpaired) electrons. The van der Waals surface area contributed by atoms with Gasteiger partial charge >= 0.3 is 0 Å². The molecule has 2 aliphatic heterocycles. The van der Waals surface area contributed by atoms with E-state index in [4.69, 9.17) is 4.52 Å². The molecule has 2 atom stereocenters. The van der Waals surface area contributed by atoms with Gasteiger partial charge in [-0.2, -0.15) is 4.98 Å². The summed E-state index contributed by atoms with van der Waals surface area (Å²) in [5, 5.41) is 7.53. The quantitative estimate of drug-likeness (QED) is 0.847. The van der Waals surface area contributed by atoms with Crippen LogP contribution in [0.4, 0.5) is 0 Å². The first-order valence-corrected chi connectivity index (χ1v) is 7.17. The zero-order valence-corrected chi connectivity index (χ0v) is 11.8. The number of nitrogens with one attached hydrogen (secondary N) is 1. The van der Waals surface area contributed by atoms with Crippen LogP contribution >= 0.6 is 0 Å². The second-order valence-electron chi connectivity index (χ2n) is 5.80. The average Bonchev–Trinajstić information content (AvgIpc) is 3.04. The van der Waals surface area contributed by atoms with E-state index in [0.29, 0.717) is 6.04 Å². The summed E-state index contributed by atoms with van der Waals surface area (Å²) in [6.45, 7) is 4.37. The third kappa shape index (κ3) is 2.96. The van der Waals surface area contributed by atoms with E-state index in [1.165, 1.54) is 6.42 Å². The van der Waals surface area contributed by atoms with E-state index in [9.17, 15) is 0 Å². The van der Waals surface area contributed by atoms with Gasteiger partial charge in [-0.05, 0) is 33.5 Å². The second kappa shape index (κ2) is 5.56. The van der Waals surface area contributed by atoms with Gasteiger partial charge in [0.1, 0.15) is 0 Å². The van der Waals surface area contributed by atoms with Gasteiger partial charge in [-0.25, -0.2) is 0 Å². The first-order chi connectivity index (χ1) is 9.22. The van der Waals surface area contributed by atoms with Gasteiger partial charge in [-0.1, -0.05) is 5.16 Å². The molecule has 6 heteroatoms. The smallest absolute Gasteiger partial charge is 0.243 e. The minimum Gasteiger partial charge on any atom is -0.338 e. The lowest BCUT2D eigenvalue weighted by atomic mass is 10.1. The molecule has 2 unspecified atom stereocenters. The zero-order chi connectivity index (χ0) is 13.2. The van der Waals surface area contributed by atoms with Gasteiger partial charge in [0.25, 0.3) is 0 Å². The summed E-state index contributed by atoms with van der Waals surface area (Å²) in [6, 6.07) is 0.758. The largest absolute Gasteiger partial charge is 0.338 e. The Balaban J connectivity index is 1.62. The van der Waals surface area contributed by atoms with Crippen molar-refractivity contribution < 1.29 is 4.52 Å². The summed E-state index contributed by atoms with van der Waals surface area (Å²) >= 11 is 0. The second-order valence-corrected chi connectivity index (χ2v) is 5.80. The molecule has 2 saturated heterocycles. The number of rotatable bonds is 3.